The minimum atomic E-state index is 0.0990. The van der Waals surface area contributed by atoms with Crippen molar-refractivity contribution in [2.75, 3.05) is 17.2 Å². The number of amides is 1. The third kappa shape index (κ3) is 3.99. The topological polar surface area (TPSA) is 38.1 Å². The molecule has 0 bridgehead atoms. The summed E-state index contributed by atoms with van der Waals surface area (Å²) in [5, 5.41) is 1.46. The van der Waals surface area contributed by atoms with Crippen molar-refractivity contribution in [3.63, 3.8) is 0 Å². The Labute approximate surface area is 190 Å². The van der Waals surface area contributed by atoms with Gasteiger partial charge in [0.25, 0.3) is 0 Å². The largest absolute Gasteiger partial charge is 0.311 e. The van der Waals surface area contributed by atoms with Gasteiger partial charge in [-0.1, -0.05) is 71.9 Å². The van der Waals surface area contributed by atoms with E-state index in [0.29, 0.717) is 10.8 Å². The third-order valence-electron chi connectivity index (χ3n) is 5.40. The number of benzene rings is 3. The first-order chi connectivity index (χ1) is 15.2. The standard InChI is InChI=1S/C25H20ClN3OS/c26-20-10-12-21(13-11-20)29-23(18-6-2-1-3-7-18)16-27-25(29)31-17-24(30)28-15-14-19-8-4-5-9-22(19)28/h1-13,16H,14-15,17H2. The predicted octanol–water partition coefficient (Wildman–Crippen LogP) is 5.87. The number of nitrogens with zero attached hydrogens (tertiary/aromatic N) is 3. The van der Waals surface area contributed by atoms with Gasteiger partial charge in [0, 0.05) is 28.5 Å². The van der Waals surface area contributed by atoms with Crippen molar-refractivity contribution in [3.8, 4) is 16.9 Å². The van der Waals surface area contributed by atoms with E-state index in [1.54, 1.807) is 0 Å². The van der Waals surface area contributed by atoms with Crippen LogP contribution in [0.5, 0.6) is 0 Å². The molecule has 154 valence electrons. The second kappa shape index (κ2) is 8.61. The molecule has 5 rings (SSSR count). The number of imidazole rings is 1. The van der Waals surface area contributed by atoms with Crippen LogP contribution in [0.2, 0.25) is 5.02 Å². The molecule has 1 aliphatic rings. The Morgan fingerprint density at radius 3 is 2.52 bits per heavy atom. The van der Waals surface area contributed by atoms with Gasteiger partial charge in [0.05, 0.1) is 17.6 Å². The van der Waals surface area contributed by atoms with Gasteiger partial charge in [0.1, 0.15) is 0 Å². The molecule has 0 spiro atoms. The van der Waals surface area contributed by atoms with Crippen LogP contribution in [0.4, 0.5) is 5.69 Å². The van der Waals surface area contributed by atoms with E-state index in [-0.39, 0.29) is 5.91 Å². The van der Waals surface area contributed by atoms with Gasteiger partial charge in [-0.3, -0.25) is 9.36 Å². The van der Waals surface area contributed by atoms with Crippen LogP contribution in [0, 0.1) is 0 Å². The lowest BCUT2D eigenvalue weighted by molar-refractivity contribution is -0.116. The van der Waals surface area contributed by atoms with Crippen LogP contribution < -0.4 is 4.90 Å². The van der Waals surface area contributed by atoms with E-state index in [9.17, 15) is 4.79 Å². The number of thioether (sulfide) groups is 1. The smallest absolute Gasteiger partial charge is 0.237 e. The number of carbonyl (C=O) groups is 1. The number of carbonyl (C=O) groups excluding carboxylic acids is 1. The second-order valence-corrected chi connectivity index (χ2v) is 8.70. The zero-order valence-corrected chi connectivity index (χ0v) is 18.3. The predicted molar refractivity (Wildman–Crippen MR) is 127 cm³/mol. The molecule has 4 aromatic rings. The summed E-state index contributed by atoms with van der Waals surface area (Å²) in [6, 6.07) is 25.9. The van der Waals surface area contributed by atoms with Crippen LogP contribution in [-0.4, -0.2) is 27.8 Å². The van der Waals surface area contributed by atoms with Crippen molar-refractivity contribution in [3.05, 3.63) is 95.6 Å². The summed E-state index contributed by atoms with van der Waals surface area (Å²) in [7, 11) is 0. The number of hydrogen-bond acceptors (Lipinski definition) is 3. The summed E-state index contributed by atoms with van der Waals surface area (Å²) in [6.45, 7) is 0.736. The van der Waals surface area contributed by atoms with Gasteiger partial charge in [-0.25, -0.2) is 4.98 Å². The summed E-state index contributed by atoms with van der Waals surface area (Å²) in [5.41, 5.74) is 5.26. The molecule has 1 amide bonds. The zero-order valence-electron chi connectivity index (χ0n) is 16.7. The van der Waals surface area contributed by atoms with E-state index >= 15 is 0 Å². The van der Waals surface area contributed by atoms with Gasteiger partial charge in [-0.15, -0.1) is 0 Å². The lowest BCUT2D eigenvalue weighted by atomic mass is 10.1. The first kappa shape index (κ1) is 19.9. The van der Waals surface area contributed by atoms with Crippen LogP contribution in [0.15, 0.2) is 90.2 Å². The van der Waals surface area contributed by atoms with E-state index in [1.165, 1.54) is 17.3 Å². The van der Waals surface area contributed by atoms with Gasteiger partial charge in [0.15, 0.2) is 5.16 Å². The van der Waals surface area contributed by atoms with E-state index in [4.69, 9.17) is 11.6 Å². The Balaban J connectivity index is 1.44. The van der Waals surface area contributed by atoms with E-state index in [1.807, 2.05) is 71.8 Å². The number of aromatic nitrogens is 2. The van der Waals surface area contributed by atoms with Crippen LogP contribution in [0.3, 0.4) is 0 Å². The molecule has 1 aliphatic heterocycles. The summed E-state index contributed by atoms with van der Waals surface area (Å²) in [4.78, 5) is 19.5. The summed E-state index contributed by atoms with van der Waals surface area (Å²) >= 11 is 7.56. The van der Waals surface area contributed by atoms with Crippen LogP contribution in [0.1, 0.15) is 5.56 Å². The van der Waals surface area contributed by atoms with Crippen LogP contribution in [0.25, 0.3) is 16.9 Å². The fourth-order valence-corrected chi connectivity index (χ4v) is 4.88. The highest BCUT2D eigenvalue weighted by molar-refractivity contribution is 7.99. The van der Waals surface area contributed by atoms with Gasteiger partial charge in [-0.05, 0) is 42.3 Å². The lowest BCUT2D eigenvalue weighted by Gasteiger charge is -2.17. The number of anilines is 1. The molecule has 1 aromatic heterocycles. The zero-order chi connectivity index (χ0) is 21.2. The quantitative estimate of drug-likeness (QED) is 0.360. The highest BCUT2D eigenvalue weighted by atomic mass is 35.5. The summed E-state index contributed by atoms with van der Waals surface area (Å²) in [5.74, 6) is 0.426. The average Bonchev–Trinajstić information content (AvgIpc) is 3.43. The maximum Gasteiger partial charge on any atom is 0.237 e. The Morgan fingerprint density at radius 1 is 0.968 bits per heavy atom. The molecule has 0 saturated heterocycles. The third-order valence-corrected chi connectivity index (χ3v) is 6.59. The molecule has 4 nitrogen and oxygen atoms in total. The van der Waals surface area contributed by atoms with Crippen molar-refractivity contribution in [2.45, 2.75) is 11.6 Å². The second-order valence-electron chi connectivity index (χ2n) is 7.32. The molecule has 0 fully saturated rings. The molecule has 2 heterocycles. The highest BCUT2D eigenvalue weighted by Gasteiger charge is 2.25. The fourth-order valence-electron chi connectivity index (χ4n) is 3.89. The molecule has 0 radical (unpaired) electrons. The van der Waals surface area contributed by atoms with Gasteiger partial charge >= 0.3 is 0 Å². The van der Waals surface area contributed by atoms with Crippen molar-refractivity contribution >= 4 is 35.0 Å². The number of rotatable bonds is 5. The van der Waals surface area contributed by atoms with Gasteiger partial charge < -0.3 is 4.90 Å². The monoisotopic (exact) mass is 445 g/mol. The minimum Gasteiger partial charge on any atom is -0.311 e. The maximum atomic E-state index is 13.0. The molecule has 0 saturated carbocycles. The highest BCUT2D eigenvalue weighted by Crippen LogP contribution is 2.32. The number of fused-ring (bicyclic) bond motifs is 1. The normalized spacial score (nSPS) is 12.7. The first-order valence-corrected chi connectivity index (χ1v) is 11.5. The number of halogens is 1. The Morgan fingerprint density at radius 2 is 1.71 bits per heavy atom. The molecule has 31 heavy (non-hydrogen) atoms. The molecule has 0 N–H and O–H groups in total. The van der Waals surface area contributed by atoms with Gasteiger partial charge in [-0.2, -0.15) is 0 Å². The Kier molecular flexibility index (Phi) is 5.53. The number of hydrogen-bond donors (Lipinski definition) is 0. The molecule has 0 unspecified atom stereocenters. The summed E-state index contributed by atoms with van der Waals surface area (Å²) in [6.07, 6.45) is 2.77. The maximum absolute atomic E-state index is 13.0. The van der Waals surface area contributed by atoms with Crippen LogP contribution in [-0.2, 0) is 11.2 Å². The van der Waals surface area contributed by atoms with Crippen molar-refractivity contribution in [2.24, 2.45) is 0 Å². The molecular weight excluding hydrogens is 426 g/mol. The first-order valence-electron chi connectivity index (χ1n) is 10.1. The molecule has 6 heteroatoms. The molecule has 3 aromatic carbocycles. The van der Waals surface area contributed by atoms with Crippen molar-refractivity contribution in [1.82, 2.24) is 9.55 Å². The number of para-hydroxylation sites is 1. The Hall–Kier alpha value is -3.02. The average molecular weight is 446 g/mol. The molecule has 0 atom stereocenters. The molecular formula is C25H20ClN3OS. The molecule has 0 aliphatic carbocycles. The van der Waals surface area contributed by atoms with Crippen molar-refractivity contribution < 1.29 is 4.79 Å². The lowest BCUT2D eigenvalue weighted by Crippen LogP contribution is -2.30. The summed E-state index contributed by atoms with van der Waals surface area (Å²) < 4.78 is 2.08. The van der Waals surface area contributed by atoms with Crippen molar-refractivity contribution in [1.29, 1.82) is 0 Å². The fraction of sp³-hybridized carbons (Fsp3) is 0.120. The van der Waals surface area contributed by atoms with E-state index in [0.717, 1.165) is 40.8 Å². The van der Waals surface area contributed by atoms with Crippen LogP contribution >= 0.6 is 23.4 Å². The SMILES string of the molecule is O=C(CSc1ncc(-c2ccccc2)n1-c1ccc(Cl)cc1)N1CCc2ccccc21. The minimum absolute atomic E-state index is 0.0990. The van der Waals surface area contributed by atoms with Gasteiger partial charge in [0.2, 0.25) is 5.91 Å². The van der Waals surface area contributed by atoms with E-state index < -0.39 is 0 Å². The Bertz CT molecular complexity index is 1220. The van der Waals surface area contributed by atoms with E-state index in [2.05, 4.69) is 27.8 Å².